The number of amides is 2. The van der Waals surface area contributed by atoms with Crippen LogP contribution in [0.15, 0.2) is 48.5 Å². The Hall–Kier alpha value is -2.64. The molecular weight excluding hydrogens is 386 g/mol. The number of nitrogens with zero attached hydrogens (tertiary/aromatic N) is 1. The molecule has 2 aromatic rings. The molecule has 6 nitrogen and oxygen atoms in total. The van der Waals surface area contributed by atoms with E-state index in [9.17, 15) is 4.79 Å². The van der Waals surface area contributed by atoms with E-state index >= 15 is 0 Å². The lowest BCUT2D eigenvalue weighted by Gasteiger charge is -2.40. The summed E-state index contributed by atoms with van der Waals surface area (Å²) in [6, 6.07) is 15.1. The van der Waals surface area contributed by atoms with Crippen molar-refractivity contribution >= 4 is 28.9 Å². The second-order valence-corrected chi connectivity index (χ2v) is 7.62. The lowest BCUT2D eigenvalue weighted by Crippen LogP contribution is -2.51. The van der Waals surface area contributed by atoms with Crippen LogP contribution in [-0.4, -0.2) is 49.8 Å². The van der Waals surface area contributed by atoms with Gasteiger partial charge in [-0.1, -0.05) is 36.5 Å². The second-order valence-electron chi connectivity index (χ2n) is 7.15. The number of urea groups is 1. The van der Waals surface area contributed by atoms with Gasteiger partial charge in [0.25, 0.3) is 0 Å². The third kappa shape index (κ3) is 6.17. The fourth-order valence-electron chi connectivity index (χ4n) is 3.21. The van der Waals surface area contributed by atoms with Gasteiger partial charge in [-0.3, -0.25) is 0 Å². The van der Waals surface area contributed by atoms with Gasteiger partial charge >= 0.3 is 6.03 Å². The van der Waals surface area contributed by atoms with Crippen molar-refractivity contribution in [1.29, 1.82) is 0 Å². The zero-order valence-electron chi connectivity index (χ0n) is 16.8. The Labute approximate surface area is 177 Å². The largest absolute Gasteiger partial charge is 0.497 e. The Balaban J connectivity index is 1.41. The van der Waals surface area contributed by atoms with Gasteiger partial charge in [0.2, 0.25) is 0 Å². The van der Waals surface area contributed by atoms with Gasteiger partial charge in [0, 0.05) is 44.8 Å². The highest BCUT2D eigenvalue weighted by Gasteiger charge is 2.28. The van der Waals surface area contributed by atoms with Crippen LogP contribution in [0.2, 0.25) is 0 Å². The third-order valence-electron chi connectivity index (χ3n) is 4.89. The maximum absolute atomic E-state index is 12.1. The van der Waals surface area contributed by atoms with Crippen LogP contribution in [0.5, 0.6) is 5.75 Å². The molecule has 0 spiro atoms. The van der Waals surface area contributed by atoms with Gasteiger partial charge in [0.05, 0.1) is 18.7 Å². The molecule has 0 saturated carbocycles. The first-order valence-electron chi connectivity index (χ1n) is 9.61. The monoisotopic (exact) mass is 413 g/mol. The van der Waals surface area contributed by atoms with Crippen molar-refractivity contribution in [3.63, 3.8) is 0 Å². The van der Waals surface area contributed by atoms with E-state index in [1.165, 1.54) is 0 Å². The molecule has 0 atom stereocenters. The maximum Gasteiger partial charge on any atom is 0.319 e. The number of carbonyl (C=O) groups is 1. The van der Waals surface area contributed by atoms with Crippen LogP contribution in [0.3, 0.4) is 0 Å². The minimum Gasteiger partial charge on any atom is -0.497 e. The van der Waals surface area contributed by atoms with E-state index in [-0.39, 0.29) is 6.03 Å². The first-order valence-corrected chi connectivity index (χ1v) is 10.0. The Morgan fingerprint density at radius 1 is 1.07 bits per heavy atom. The van der Waals surface area contributed by atoms with E-state index in [0.717, 1.165) is 53.7 Å². The lowest BCUT2D eigenvalue weighted by molar-refractivity contribution is 0.0762. The van der Waals surface area contributed by atoms with Gasteiger partial charge in [-0.15, -0.1) is 0 Å². The van der Waals surface area contributed by atoms with Gasteiger partial charge in [-0.2, -0.15) is 0 Å². The van der Waals surface area contributed by atoms with Gasteiger partial charge < -0.3 is 25.0 Å². The topological polar surface area (TPSA) is 62.8 Å². The molecule has 1 fully saturated rings. The SMILES string of the molecule is COCC1CN(C(=S)Cc2ccc(NC(=O)NCc3ccc(OC)cc3)cc2)C1. The molecule has 2 N–H and O–H groups in total. The Morgan fingerprint density at radius 2 is 1.72 bits per heavy atom. The zero-order valence-corrected chi connectivity index (χ0v) is 17.6. The first-order chi connectivity index (χ1) is 14.1. The van der Waals surface area contributed by atoms with Crippen molar-refractivity contribution in [2.24, 2.45) is 5.92 Å². The minimum absolute atomic E-state index is 0.242. The number of nitrogens with one attached hydrogen (secondary N) is 2. The van der Waals surface area contributed by atoms with Gasteiger partial charge in [0.15, 0.2) is 0 Å². The van der Waals surface area contributed by atoms with Crippen LogP contribution in [0.4, 0.5) is 10.5 Å². The normalized spacial score (nSPS) is 13.5. The molecule has 154 valence electrons. The molecule has 0 aliphatic carbocycles. The molecule has 1 heterocycles. The van der Waals surface area contributed by atoms with Crippen molar-refractivity contribution < 1.29 is 14.3 Å². The van der Waals surface area contributed by atoms with E-state index in [1.807, 2.05) is 48.5 Å². The van der Waals surface area contributed by atoms with E-state index < -0.39 is 0 Å². The quantitative estimate of drug-likeness (QED) is 0.649. The number of anilines is 1. The molecule has 0 unspecified atom stereocenters. The smallest absolute Gasteiger partial charge is 0.319 e. The van der Waals surface area contributed by atoms with Crippen LogP contribution < -0.4 is 15.4 Å². The summed E-state index contributed by atoms with van der Waals surface area (Å²) in [5.41, 5.74) is 2.88. The number of carbonyl (C=O) groups excluding carboxylic acids is 1. The molecule has 1 aliphatic heterocycles. The molecule has 2 aromatic carbocycles. The molecule has 3 rings (SSSR count). The number of benzene rings is 2. The highest BCUT2D eigenvalue weighted by atomic mass is 32.1. The lowest BCUT2D eigenvalue weighted by atomic mass is 10.0. The van der Waals surface area contributed by atoms with Crippen molar-refractivity contribution in [1.82, 2.24) is 10.2 Å². The summed E-state index contributed by atoms with van der Waals surface area (Å²) in [6.45, 7) is 3.18. The summed E-state index contributed by atoms with van der Waals surface area (Å²) in [5, 5.41) is 5.70. The predicted molar refractivity (Wildman–Crippen MR) is 119 cm³/mol. The van der Waals surface area contributed by atoms with Crippen LogP contribution in [0, 0.1) is 5.92 Å². The number of ether oxygens (including phenoxy) is 2. The summed E-state index contributed by atoms with van der Waals surface area (Å²) in [4.78, 5) is 15.3. The zero-order chi connectivity index (χ0) is 20.6. The van der Waals surface area contributed by atoms with Crippen molar-refractivity contribution in [3.05, 3.63) is 59.7 Å². The number of hydrogen-bond donors (Lipinski definition) is 2. The first kappa shape index (κ1) is 21.1. The summed E-state index contributed by atoms with van der Waals surface area (Å²) in [7, 11) is 3.36. The summed E-state index contributed by atoms with van der Waals surface area (Å²) < 4.78 is 10.3. The summed E-state index contributed by atoms with van der Waals surface area (Å²) in [5.74, 6) is 1.38. The number of likely N-dealkylation sites (tertiary alicyclic amines) is 1. The van der Waals surface area contributed by atoms with Gasteiger partial charge in [0.1, 0.15) is 5.75 Å². The number of thiocarbonyl (C=S) groups is 1. The Morgan fingerprint density at radius 3 is 2.34 bits per heavy atom. The average Bonchev–Trinajstić information content (AvgIpc) is 2.70. The molecule has 2 amide bonds. The highest BCUT2D eigenvalue weighted by molar-refractivity contribution is 7.80. The van der Waals surface area contributed by atoms with Crippen LogP contribution in [0.25, 0.3) is 0 Å². The maximum atomic E-state index is 12.1. The molecule has 0 bridgehead atoms. The standard InChI is InChI=1S/C22H27N3O3S/c1-27-15-18-13-25(14-18)21(29)11-16-3-7-19(8-4-16)24-22(26)23-12-17-5-9-20(28-2)10-6-17/h3-10,18H,11-15H2,1-2H3,(H2,23,24,26). The van der Waals surface area contributed by atoms with Gasteiger partial charge in [-0.25, -0.2) is 4.79 Å². The van der Waals surface area contributed by atoms with Gasteiger partial charge in [-0.05, 0) is 35.4 Å². The molecule has 1 saturated heterocycles. The van der Waals surface area contributed by atoms with E-state index in [4.69, 9.17) is 21.7 Å². The third-order valence-corrected chi connectivity index (χ3v) is 5.29. The molecule has 0 aromatic heterocycles. The molecule has 1 aliphatic rings. The molecule has 29 heavy (non-hydrogen) atoms. The number of hydrogen-bond acceptors (Lipinski definition) is 4. The average molecular weight is 414 g/mol. The fourth-order valence-corrected chi connectivity index (χ4v) is 3.52. The van der Waals surface area contributed by atoms with Crippen LogP contribution >= 0.6 is 12.2 Å². The summed E-state index contributed by atoms with van der Waals surface area (Å²) in [6.07, 6.45) is 0.735. The second kappa shape index (κ2) is 10.2. The van der Waals surface area contributed by atoms with E-state index in [2.05, 4.69) is 15.5 Å². The van der Waals surface area contributed by atoms with Crippen molar-refractivity contribution in [2.45, 2.75) is 13.0 Å². The Kier molecular flexibility index (Phi) is 7.43. The van der Waals surface area contributed by atoms with Crippen molar-refractivity contribution in [2.75, 3.05) is 39.2 Å². The van der Waals surface area contributed by atoms with Crippen LogP contribution in [0.1, 0.15) is 11.1 Å². The van der Waals surface area contributed by atoms with E-state index in [1.54, 1.807) is 14.2 Å². The van der Waals surface area contributed by atoms with Crippen molar-refractivity contribution in [3.8, 4) is 5.75 Å². The summed E-state index contributed by atoms with van der Waals surface area (Å²) >= 11 is 5.54. The number of rotatable bonds is 8. The number of methoxy groups -OCH3 is 2. The molecular formula is C22H27N3O3S. The minimum atomic E-state index is -0.242. The fraction of sp³-hybridized carbons (Fsp3) is 0.364. The van der Waals surface area contributed by atoms with Crippen LogP contribution in [-0.2, 0) is 17.7 Å². The molecule has 7 heteroatoms. The molecule has 0 radical (unpaired) electrons. The van der Waals surface area contributed by atoms with E-state index in [0.29, 0.717) is 12.5 Å². The Bertz CT molecular complexity index is 818. The predicted octanol–water partition coefficient (Wildman–Crippen LogP) is 3.47. The highest BCUT2D eigenvalue weighted by Crippen LogP contribution is 2.19.